The minimum Gasteiger partial charge on any atom is -0.465 e. The Hall–Kier alpha value is -2.49. The van der Waals surface area contributed by atoms with Gasteiger partial charge < -0.3 is 14.6 Å². The smallest absolute Gasteiger partial charge is 0.223 e. The standard InChI is InChI=1S/C20H22N2O2/c1-14-6-7-17-16(13-14)19(2,3)20(10-8-15-5-4-12-24-15)21-18(23)9-11-22(17)20/h4-8,10,12-13H,9,11H2,1-3H3,(H,21,23)/t20-/m1/s1. The highest BCUT2D eigenvalue weighted by atomic mass is 16.3. The molecule has 2 aliphatic rings. The fraction of sp³-hybridized carbons (Fsp3) is 0.350. The van der Waals surface area contributed by atoms with Gasteiger partial charge in [0.05, 0.1) is 6.26 Å². The van der Waals surface area contributed by atoms with Crippen LogP contribution in [0.25, 0.3) is 6.08 Å². The van der Waals surface area contributed by atoms with Crippen LogP contribution < -0.4 is 10.2 Å². The van der Waals surface area contributed by atoms with Crippen LogP contribution in [0, 0.1) is 6.92 Å². The van der Waals surface area contributed by atoms with Crippen molar-refractivity contribution >= 4 is 17.7 Å². The Bertz CT molecular complexity index is 820. The highest BCUT2D eigenvalue weighted by molar-refractivity contribution is 5.84. The van der Waals surface area contributed by atoms with Crippen molar-refractivity contribution in [2.75, 3.05) is 11.4 Å². The van der Waals surface area contributed by atoms with E-state index in [1.54, 1.807) is 6.26 Å². The zero-order valence-electron chi connectivity index (χ0n) is 14.3. The highest BCUT2D eigenvalue weighted by Gasteiger charge is 2.57. The predicted molar refractivity (Wildman–Crippen MR) is 94.8 cm³/mol. The Morgan fingerprint density at radius 1 is 1.29 bits per heavy atom. The molecule has 3 heterocycles. The van der Waals surface area contributed by atoms with Gasteiger partial charge in [-0.2, -0.15) is 0 Å². The molecular formula is C20H22N2O2. The van der Waals surface area contributed by atoms with Gasteiger partial charge in [0.25, 0.3) is 0 Å². The van der Waals surface area contributed by atoms with Crippen LogP contribution in [0.15, 0.2) is 47.1 Å². The molecule has 0 aliphatic carbocycles. The van der Waals surface area contributed by atoms with Crippen molar-refractivity contribution < 1.29 is 9.21 Å². The topological polar surface area (TPSA) is 45.5 Å². The minimum atomic E-state index is -0.578. The Morgan fingerprint density at radius 3 is 2.88 bits per heavy atom. The number of nitrogens with one attached hydrogen (secondary N) is 1. The molecule has 0 spiro atoms. The lowest BCUT2D eigenvalue weighted by Gasteiger charge is -2.49. The zero-order chi connectivity index (χ0) is 16.9. The largest absolute Gasteiger partial charge is 0.465 e. The van der Waals surface area contributed by atoms with Crippen LogP contribution in [-0.4, -0.2) is 18.1 Å². The lowest BCUT2D eigenvalue weighted by Crippen LogP contribution is -2.68. The van der Waals surface area contributed by atoms with Crippen LogP contribution >= 0.6 is 0 Å². The second-order valence-corrected chi connectivity index (χ2v) is 7.21. The molecule has 2 aliphatic heterocycles. The summed E-state index contributed by atoms with van der Waals surface area (Å²) >= 11 is 0. The Morgan fingerprint density at radius 2 is 2.12 bits per heavy atom. The number of nitrogens with zero attached hydrogens (tertiary/aromatic N) is 1. The van der Waals surface area contributed by atoms with Gasteiger partial charge in [0.15, 0.2) is 0 Å². The summed E-state index contributed by atoms with van der Waals surface area (Å²) in [7, 11) is 0. The van der Waals surface area contributed by atoms with Gasteiger partial charge in [-0.3, -0.25) is 4.79 Å². The quantitative estimate of drug-likeness (QED) is 0.918. The lowest BCUT2D eigenvalue weighted by atomic mass is 9.74. The zero-order valence-corrected chi connectivity index (χ0v) is 14.3. The molecule has 1 aromatic heterocycles. The molecule has 4 heteroatoms. The maximum absolute atomic E-state index is 12.3. The third kappa shape index (κ3) is 1.95. The molecule has 124 valence electrons. The molecule has 4 rings (SSSR count). The Labute approximate surface area is 142 Å². The first-order valence-electron chi connectivity index (χ1n) is 8.37. The van der Waals surface area contributed by atoms with Gasteiger partial charge >= 0.3 is 0 Å². The summed E-state index contributed by atoms with van der Waals surface area (Å²) in [6.45, 7) is 7.22. The number of rotatable bonds is 2. The summed E-state index contributed by atoms with van der Waals surface area (Å²) < 4.78 is 5.44. The van der Waals surface area contributed by atoms with E-state index >= 15 is 0 Å². The number of anilines is 1. The van der Waals surface area contributed by atoms with Gasteiger partial charge in [-0.25, -0.2) is 0 Å². The summed E-state index contributed by atoms with van der Waals surface area (Å²) in [6, 6.07) is 10.3. The molecule has 0 saturated carbocycles. The number of carbonyl (C=O) groups excluding carboxylic acids is 1. The second-order valence-electron chi connectivity index (χ2n) is 7.21. The average Bonchev–Trinajstić information content (AvgIpc) is 3.11. The SMILES string of the molecule is Cc1ccc2c(c1)C(C)(C)[C@]1(C=Cc3ccco3)NC(=O)CCN21. The van der Waals surface area contributed by atoms with Crippen molar-refractivity contribution in [3.05, 3.63) is 59.6 Å². The summed E-state index contributed by atoms with van der Waals surface area (Å²) in [6.07, 6.45) is 6.21. The molecular weight excluding hydrogens is 300 g/mol. The molecule has 1 aromatic carbocycles. The monoisotopic (exact) mass is 322 g/mol. The van der Waals surface area contributed by atoms with Crippen LogP contribution in [-0.2, 0) is 10.2 Å². The number of carbonyl (C=O) groups is 1. The molecule has 1 amide bonds. The van der Waals surface area contributed by atoms with Gasteiger partial charge in [0.2, 0.25) is 5.91 Å². The predicted octanol–water partition coefficient (Wildman–Crippen LogP) is 3.62. The van der Waals surface area contributed by atoms with Gasteiger partial charge in [0, 0.05) is 24.1 Å². The molecule has 24 heavy (non-hydrogen) atoms. The van der Waals surface area contributed by atoms with E-state index in [4.69, 9.17) is 4.42 Å². The normalized spacial score (nSPS) is 24.8. The van der Waals surface area contributed by atoms with E-state index in [0.717, 1.165) is 5.76 Å². The van der Waals surface area contributed by atoms with Crippen LogP contribution in [0.1, 0.15) is 37.2 Å². The number of amides is 1. The van der Waals surface area contributed by atoms with Gasteiger partial charge in [-0.05, 0) is 42.8 Å². The molecule has 4 nitrogen and oxygen atoms in total. The van der Waals surface area contributed by atoms with Crippen molar-refractivity contribution in [3.8, 4) is 0 Å². The van der Waals surface area contributed by atoms with Gasteiger partial charge in [-0.1, -0.05) is 31.5 Å². The summed E-state index contributed by atoms with van der Waals surface area (Å²) in [5.41, 5.74) is 2.88. The van der Waals surface area contributed by atoms with Crippen LogP contribution in [0.3, 0.4) is 0 Å². The summed E-state index contributed by atoms with van der Waals surface area (Å²) in [4.78, 5) is 14.6. The third-order valence-electron chi connectivity index (χ3n) is 5.42. The molecule has 1 fully saturated rings. The summed E-state index contributed by atoms with van der Waals surface area (Å²) in [5, 5.41) is 3.27. The summed E-state index contributed by atoms with van der Waals surface area (Å²) in [5.74, 6) is 0.875. The number of benzene rings is 1. The van der Waals surface area contributed by atoms with E-state index in [0.29, 0.717) is 13.0 Å². The molecule has 0 unspecified atom stereocenters. The molecule has 2 aromatic rings. The maximum Gasteiger partial charge on any atom is 0.223 e. The van der Waals surface area contributed by atoms with Crippen LogP contribution in [0.2, 0.25) is 0 Å². The van der Waals surface area contributed by atoms with Gasteiger partial charge in [-0.15, -0.1) is 0 Å². The first kappa shape index (κ1) is 15.1. The fourth-order valence-electron chi connectivity index (χ4n) is 4.06. The van der Waals surface area contributed by atoms with Crippen molar-refractivity contribution in [2.45, 2.75) is 38.3 Å². The van der Waals surface area contributed by atoms with Crippen molar-refractivity contribution in [1.29, 1.82) is 0 Å². The van der Waals surface area contributed by atoms with Crippen LogP contribution in [0.4, 0.5) is 5.69 Å². The Kier molecular flexibility index (Phi) is 3.14. The van der Waals surface area contributed by atoms with E-state index in [2.05, 4.69) is 55.3 Å². The highest BCUT2D eigenvalue weighted by Crippen LogP contribution is 2.52. The third-order valence-corrected chi connectivity index (χ3v) is 5.42. The number of furan rings is 1. The first-order chi connectivity index (χ1) is 11.4. The molecule has 0 bridgehead atoms. The molecule has 1 N–H and O–H groups in total. The van der Waals surface area contributed by atoms with E-state index in [-0.39, 0.29) is 11.3 Å². The van der Waals surface area contributed by atoms with Gasteiger partial charge in [0.1, 0.15) is 11.4 Å². The van der Waals surface area contributed by atoms with E-state index in [1.165, 1.54) is 16.8 Å². The second kappa shape index (κ2) is 5.00. The molecule has 1 saturated heterocycles. The number of fused-ring (bicyclic) bond motifs is 3. The van der Waals surface area contributed by atoms with Crippen molar-refractivity contribution in [3.63, 3.8) is 0 Å². The van der Waals surface area contributed by atoms with Crippen molar-refractivity contribution in [1.82, 2.24) is 5.32 Å². The molecule has 0 radical (unpaired) electrons. The Balaban J connectivity index is 1.88. The minimum absolute atomic E-state index is 0.0907. The maximum atomic E-state index is 12.3. The van der Waals surface area contributed by atoms with Crippen molar-refractivity contribution in [2.24, 2.45) is 0 Å². The van der Waals surface area contributed by atoms with E-state index < -0.39 is 5.66 Å². The molecule has 1 atom stereocenters. The number of hydrogen-bond donors (Lipinski definition) is 1. The van der Waals surface area contributed by atoms with E-state index in [1.807, 2.05) is 18.2 Å². The fourth-order valence-corrected chi connectivity index (χ4v) is 4.06. The first-order valence-corrected chi connectivity index (χ1v) is 8.37. The lowest BCUT2D eigenvalue weighted by molar-refractivity contribution is -0.124. The van der Waals surface area contributed by atoms with E-state index in [9.17, 15) is 4.79 Å². The number of hydrogen-bond acceptors (Lipinski definition) is 3. The van der Waals surface area contributed by atoms with Crippen LogP contribution in [0.5, 0.6) is 0 Å². The number of aryl methyl sites for hydroxylation is 1. The average molecular weight is 322 g/mol.